The van der Waals surface area contributed by atoms with Crippen LogP contribution in [0.15, 0.2) is 65.1 Å². The highest BCUT2D eigenvalue weighted by Gasteiger charge is 2.32. The van der Waals surface area contributed by atoms with E-state index in [0.29, 0.717) is 23.8 Å². The molecule has 0 saturated carbocycles. The summed E-state index contributed by atoms with van der Waals surface area (Å²) in [5, 5.41) is 0. The van der Waals surface area contributed by atoms with E-state index in [0.717, 1.165) is 24.2 Å². The summed E-state index contributed by atoms with van der Waals surface area (Å²) in [4.78, 5) is 14.9. The first-order chi connectivity index (χ1) is 14.1. The number of likely N-dealkylation sites (tertiary alicyclic amines) is 1. The third-order valence-corrected chi connectivity index (χ3v) is 5.08. The number of carbonyl (C=O) groups excluding carboxylic acids is 1. The van der Waals surface area contributed by atoms with Crippen molar-refractivity contribution >= 4 is 5.91 Å². The van der Waals surface area contributed by atoms with E-state index in [1.54, 1.807) is 31.4 Å². The fraction of sp³-hybridized carbons (Fsp3) is 0.261. The summed E-state index contributed by atoms with van der Waals surface area (Å²) in [6, 6.07) is 17.0. The van der Waals surface area contributed by atoms with Crippen LogP contribution in [0.1, 0.15) is 40.8 Å². The van der Waals surface area contributed by atoms with Gasteiger partial charge in [-0.15, -0.1) is 0 Å². The molecule has 0 radical (unpaired) electrons. The minimum absolute atomic E-state index is 0.0254. The first-order valence-corrected chi connectivity index (χ1v) is 9.56. The SMILES string of the molecule is COc1ccc(C2CCCN2C(=O)c2ccc(COc3ccc(F)cc3)o2)cc1. The standard InChI is InChI=1S/C23H22FNO4/c1-27-18-8-4-16(5-9-18)21-3-2-14-25(21)23(26)22-13-12-20(29-22)15-28-19-10-6-17(24)7-11-19/h4-13,21H,2-3,14-15H2,1H3. The minimum atomic E-state index is -0.319. The van der Waals surface area contributed by atoms with Crippen molar-refractivity contribution in [3.05, 3.63) is 83.6 Å². The lowest BCUT2D eigenvalue weighted by Crippen LogP contribution is -2.30. The lowest BCUT2D eigenvalue weighted by Gasteiger charge is -2.24. The number of nitrogens with zero attached hydrogens (tertiary/aromatic N) is 1. The summed E-state index contributed by atoms with van der Waals surface area (Å²) in [5.74, 6) is 1.72. The van der Waals surface area contributed by atoms with E-state index in [4.69, 9.17) is 13.9 Å². The van der Waals surface area contributed by atoms with Crippen molar-refractivity contribution in [2.24, 2.45) is 0 Å². The second-order valence-corrected chi connectivity index (χ2v) is 6.94. The van der Waals surface area contributed by atoms with Gasteiger partial charge in [-0.2, -0.15) is 0 Å². The van der Waals surface area contributed by atoms with Gasteiger partial charge in [0.25, 0.3) is 5.91 Å². The number of ether oxygens (including phenoxy) is 2. The molecule has 5 nitrogen and oxygen atoms in total. The highest BCUT2D eigenvalue weighted by atomic mass is 19.1. The van der Waals surface area contributed by atoms with Crippen LogP contribution in [-0.4, -0.2) is 24.5 Å². The van der Waals surface area contributed by atoms with Gasteiger partial charge in [0.2, 0.25) is 0 Å². The summed E-state index contributed by atoms with van der Waals surface area (Å²) in [5.41, 5.74) is 1.09. The number of carbonyl (C=O) groups is 1. The fourth-order valence-corrected chi connectivity index (χ4v) is 3.58. The molecule has 6 heteroatoms. The van der Waals surface area contributed by atoms with Crippen molar-refractivity contribution in [1.82, 2.24) is 4.90 Å². The second kappa shape index (κ2) is 8.39. The monoisotopic (exact) mass is 395 g/mol. The lowest BCUT2D eigenvalue weighted by atomic mass is 10.0. The maximum absolute atomic E-state index is 13.0. The molecule has 1 aliphatic heterocycles. The Balaban J connectivity index is 1.42. The molecule has 1 fully saturated rings. The zero-order chi connectivity index (χ0) is 20.2. The van der Waals surface area contributed by atoms with Gasteiger partial charge in [0.1, 0.15) is 29.7 Å². The van der Waals surface area contributed by atoms with Crippen LogP contribution in [0.25, 0.3) is 0 Å². The Hall–Kier alpha value is -3.28. The second-order valence-electron chi connectivity index (χ2n) is 6.94. The molecule has 3 aromatic rings. The van der Waals surface area contributed by atoms with Gasteiger partial charge in [0, 0.05) is 6.54 Å². The van der Waals surface area contributed by atoms with Gasteiger partial charge in [-0.05, 0) is 66.9 Å². The Kier molecular flexibility index (Phi) is 5.51. The molecular weight excluding hydrogens is 373 g/mol. The van der Waals surface area contributed by atoms with Crippen molar-refractivity contribution in [3.8, 4) is 11.5 Å². The lowest BCUT2D eigenvalue weighted by molar-refractivity contribution is 0.0699. The molecule has 1 aliphatic rings. The molecule has 0 N–H and O–H groups in total. The summed E-state index contributed by atoms with van der Waals surface area (Å²) in [6.07, 6.45) is 1.86. The van der Waals surface area contributed by atoms with Gasteiger partial charge in [-0.25, -0.2) is 4.39 Å². The largest absolute Gasteiger partial charge is 0.497 e. The maximum Gasteiger partial charge on any atom is 0.290 e. The Labute approximate surface area is 168 Å². The van der Waals surface area contributed by atoms with Crippen LogP contribution in [0.3, 0.4) is 0 Å². The number of benzene rings is 2. The molecule has 2 heterocycles. The first kappa shape index (κ1) is 19.1. The Morgan fingerprint density at radius 2 is 1.79 bits per heavy atom. The predicted octanol–water partition coefficient (Wildman–Crippen LogP) is 4.98. The van der Waals surface area contributed by atoms with E-state index in [1.807, 2.05) is 29.2 Å². The van der Waals surface area contributed by atoms with E-state index in [-0.39, 0.29) is 24.4 Å². The molecule has 1 aromatic heterocycles. The highest BCUT2D eigenvalue weighted by molar-refractivity contribution is 5.92. The highest BCUT2D eigenvalue weighted by Crippen LogP contribution is 2.34. The third kappa shape index (κ3) is 4.26. The summed E-state index contributed by atoms with van der Waals surface area (Å²) in [6.45, 7) is 0.860. The van der Waals surface area contributed by atoms with Crippen molar-refractivity contribution in [1.29, 1.82) is 0 Å². The van der Waals surface area contributed by atoms with Crippen LogP contribution in [0, 0.1) is 5.82 Å². The molecule has 150 valence electrons. The molecule has 0 spiro atoms. The van der Waals surface area contributed by atoms with E-state index in [2.05, 4.69) is 0 Å². The van der Waals surface area contributed by atoms with Gasteiger partial charge < -0.3 is 18.8 Å². The number of methoxy groups -OCH3 is 1. The van der Waals surface area contributed by atoms with Crippen LogP contribution in [-0.2, 0) is 6.61 Å². The molecule has 0 bridgehead atoms. The van der Waals surface area contributed by atoms with Crippen LogP contribution >= 0.6 is 0 Å². The van der Waals surface area contributed by atoms with Crippen molar-refractivity contribution in [3.63, 3.8) is 0 Å². The number of halogens is 1. The van der Waals surface area contributed by atoms with E-state index < -0.39 is 0 Å². The molecular formula is C23H22FNO4. The molecule has 2 aromatic carbocycles. The van der Waals surface area contributed by atoms with Gasteiger partial charge in [0.15, 0.2) is 5.76 Å². The zero-order valence-electron chi connectivity index (χ0n) is 16.1. The third-order valence-electron chi connectivity index (χ3n) is 5.08. The zero-order valence-corrected chi connectivity index (χ0v) is 16.1. The Morgan fingerprint density at radius 3 is 2.52 bits per heavy atom. The summed E-state index contributed by atoms with van der Waals surface area (Å²) in [7, 11) is 1.63. The van der Waals surface area contributed by atoms with E-state index in [1.165, 1.54) is 12.1 Å². The smallest absolute Gasteiger partial charge is 0.290 e. The van der Waals surface area contributed by atoms with Crippen LogP contribution in [0.5, 0.6) is 11.5 Å². The van der Waals surface area contributed by atoms with Crippen LogP contribution < -0.4 is 9.47 Å². The van der Waals surface area contributed by atoms with Gasteiger partial charge in [0.05, 0.1) is 13.2 Å². The minimum Gasteiger partial charge on any atom is -0.497 e. The summed E-state index contributed by atoms with van der Waals surface area (Å²) < 4.78 is 29.5. The quantitative estimate of drug-likeness (QED) is 0.590. The predicted molar refractivity (Wildman–Crippen MR) is 105 cm³/mol. The number of furan rings is 1. The Morgan fingerprint density at radius 1 is 1.07 bits per heavy atom. The molecule has 1 unspecified atom stereocenters. The molecule has 4 rings (SSSR count). The number of amides is 1. The fourth-order valence-electron chi connectivity index (χ4n) is 3.58. The van der Waals surface area contributed by atoms with Crippen molar-refractivity contribution in [2.45, 2.75) is 25.5 Å². The maximum atomic E-state index is 13.0. The van der Waals surface area contributed by atoms with Gasteiger partial charge in [-0.1, -0.05) is 12.1 Å². The normalized spacial score (nSPS) is 16.1. The summed E-state index contributed by atoms with van der Waals surface area (Å²) >= 11 is 0. The average molecular weight is 395 g/mol. The van der Waals surface area contributed by atoms with Gasteiger partial charge in [-0.3, -0.25) is 4.79 Å². The average Bonchev–Trinajstić information content (AvgIpc) is 3.43. The topological polar surface area (TPSA) is 51.9 Å². The molecule has 1 saturated heterocycles. The molecule has 0 aliphatic carbocycles. The van der Waals surface area contributed by atoms with Crippen molar-refractivity contribution < 1.29 is 23.1 Å². The van der Waals surface area contributed by atoms with Crippen LogP contribution in [0.4, 0.5) is 4.39 Å². The number of hydrogen-bond donors (Lipinski definition) is 0. The number of hydrogen-bond acceptors (Lipinski definition) is 4. The van der Waals surface area contributed by atoms with Crippen molar-refractivity contribution in [2.75, 3.05) is 13.7 Å². The van der Waals surface area contributed by atoms with E-state index in [9.17, 15) is 9.18 Å². The van der Waals surface area contributed by atoms with E-state index >= 15 is 0 Å². The molecule has 1 atom stereocenters. The van der Waals surface area contributed by atoms with Crippen LogP contribution in [0.2, 0.25) is 0 Å². The molecule has 1 amide bonds. The Bertz CT molecular complexity index is 965. The molecule has 29 heavy (non-hydrogen) atoms. The number of rotatable bonds is 6. The first-order valence-electron chi connectivity index (χ1n) is 9.56. The van der Waals surface area contributed by atoms with Gasteiger partial charge >= 0.3 is 0 Å².